The molecule has 1 N–H and O–H groups in total. The molecule has 0 spiro atoms. The Labute approximate surface area is 107 Å². The predicted octanol–water partition coefficient (Wildman–Crippen LogP) is 1.49. The van der Waals surface area contributed by atoms with Crippen LogP contribution >= 0.6 is 0 Å². The van der Waals surface area contributed by atoms with Gasteiger partial charge in [0.15, 0.2) is 0 Å². The molecule has 0 amide bonds. The normalized spacial score (nSPS) is 10.2. The summed E-state index contributed by atoms with van der Waals surface area (Å²) >= 11 is 0. The Bertz CT molecular complexity index is 632. The molecule has 98 valence electrons. The van der Waals surface area contributed by atoms with Crippen molar-refractivity contribution < 1.29 is 19.6 Å². The summed E-state index contributed by atoms with van der Waals surface area (Å²) in [4.78, 5) is 21.0. The van der Waals surface area contributed by atoms with Crippen molar-refractivity contribution in [3.63, 3.8) is 0 Å². The summed E-state index contributed by atoms with van der Waals surface area (Å²) in [5.41, 5.74) is 0.360. The smallest absolute Gasteiger partial charge is 0.342 e. The van der Waals surface area contributed by atoms with Crippen LogP contribution in [0.5, 0.6) is 5.88 Å². The van der Waals surface area contributed by atoms with E-state index in [1.807, 2.05) is 0 Å². The van der Waals surface area contributed by atoms with Gasteiger partial charge in [-0.1, -0.05) is 0 Å². The molecule has 19 heavy (non-hydrogen) atoms. The van der Waals surface area contributed by atoms with Crippen LogP contribution in [0, 0.1) is 10.1 Å². The summed E-state index contributed by atoms with van der Waals surface area (Å²) < 4.78 is 6.13. The molecule has 0 saturated heterocycles. The van der Waals surface area contributed by atoms with E-state index in [9.17, 15) is 14.9 Å². The molecule has 8 nitrogen and oxygen atoms in total. The highest BCUT2D eigenvalue weighted by Crippen LogP contribution is 2.20. The van der Waals surface area contributed by atoms with E-state index in [1.54, 1.807) is 0 Å². The maximum absolute atomic E-state index is 10.9. The number of carboxylic acid groups (broad SMARTS) is 1. The van der Waals surface area contributed by atoms with Crippen LogP contribution in [0.4, 0.5) is 5.69 Å². The van der Waals surface area contributed by atoms with E-state index in [-0.39, 0.29) is 17.1 Å². The van der Waals surface area contributed by atoms with Crippen molar-refractivity contribution >= 4 is 11.7 Å². The Balaban J connectivity index is 2.41. The van der Waals surface area contributed by atoms with Crippen LogP contribution < -0.4 is 4.74 Å². The van der Waals surface area contributed by atoms with Gasteiger partial charge in [-0.15, -0.1) is 5.10 Å². The second-order valence-electron chi connectivity index (χ2n) is 3.58. The number of methoxy groups -OCH3 is 1. The molecule has 0 saturated carbocycles. The summed E-state index contributed by atoms with van der Waals surface area (Å²) in [5.74, 6) is -1.18. The summed E-state index contributed by atoms with van der Waals surface area (Å²) in [6.45, 7) is 0. The maximum Gasteiger partial charge on any atom is 0.342 e. The van der Waals surface area contributed by atoms with E-state index in [2.05, 4.69) is 5.10 Å². The maximum atomic E-state index is 10.9. The number of non-ortho nitro benzene ring substituents is 1. The topological polar surface area (TPSA) is 107 Å². The lowest BCUT2D eigenvalue weighted by Crippen LogP contribution is -1.97. The van der Waals surface area contributed by atoms with E-state index < -0.39 is 10.9 Å². The van der Waals surface area contributed by atoms with Crippen molar-refractivity contribution in [3.05, 3.63) is 46.1 Å². The fourth-order valence-electron chi connectivity index (χ4n) is 1.51. The van der Waals surface area contributed by atoms with Gasteiger partial charge in [0.05, 0.1) is 17.7 Å². The molecule has 8 heteroatoms. The number of carbonyl (C=O) groups is 1. The first-order chi connectivity index (χ1) is 9.02. The zero-order chi connectivity index (χ0) is 14.0. The highest BCUT2D eigenvalue weighted by molar-refractivity contribution is 5.90. The van der Waals surface area contributed by atoms with Crippen LogP contribution in [0.25, 0.3) is 5.69 Å². The quantitative estimate of drug-likeness (QED) is 0.661. The molecule has 0 aliphatic rings. The van der Waals surface area contributed by atoms with Crippen molar-refractivity contribution in [2.75, 3.05) is 7.11 Å². The second kappa shape index (κ2) is 4.77. The largest absolute Gasteiger partial charge is 0.479 e. The average molecular weight is 263 g/mol. The molecule has 2 aromatic rings. The minimum absolute atomic E-state index is 0.0224. The Kier molecular flexibility index (Phi) is 3.15. The third-order valence-corrected chi connectivity index (χ3v) is 2.43. The van der Waals surface area contributed by atoms with Gasteiger partial charge in [0.2, 0.25) is 5.88 Å². The van der Waals surface area contributed by atoms with E-state index in [1.165, 1.54) is 42.3 Å². The number of rotatable bonds is 4. The first kappa shape index (κ1) is 12.6. The van der Waals surface area contributed by atoms with Crippen molar-refractivity contribution in [1.29, 1.82) is 0 Å². The van der Waals surface area contributed by atoms with E-state index >= 15 is 0 Å². The third-order valence-electron chi connectivity index (χ3n) is 2.43. The van der Waals surface area contributed by atoms with Crippen LogP contribution in [-0.2, 0) is 0 Å². The number of hydrogen-bond donors (Lipinski definition) is 1. The number of carboxylic acids is 1. The standard InChI is InChI=1S/C11H9N3O5/c1-19-10-9(11(15)16)6-13(12-10)7-2-4-8(5-3-7)14(17)18/h2-6H,1H3,(H,15,16). The van der Waals surface area contributed by atoms with Crippen LogP contribution in [0.3, 0.4) is 0 Å². The van der Waals surface area contributed by atoms with E-state index in [0.717, 1.165) is 0 Å². The molecular weight excluding hydrogens is 254 g/mol. The molecule has 0 aliphatic carbocycles. The first-order valence-electron chi connectivity index (χ1n) is 5.14. The first-order valence-corrected chi connectivity index (χ1v) is 5.14. The lowest BCUT2D eigenvalue weighted by molar-refractivity contribution is -0.384. The number of aromatic carboxylic acids is 1. The third kappa shape index (κ3) is 2.37. The van der Waals surface area contributed by atoms with Gasteiger partial charge >= 0.3 is 5.97 Å². The second-order valence-corrected chi connectivity index (χ2v) is 3.58. The van der Waals surface area contributed by atoms with Crippen LogP contribution in [0.2, 0.25) is 0 Å². The summed E-state index contributed by atoms with van der Waals surface area (Å²) in [6.07, 6.45) is 1.28. The summed E-state index contributed by atoms with van der Waals surface area (Å²) in [6, 6.07) is 5.56. The fourth-order valence-corrected chi connectivity index (χ4v) is 1.51. The van der Waals surface area contributed by atoms with E-state index in [0.29, 0.717) is 5.69 Å². The molecule has 0 bridgehead atoms. The summed E-state index contributed by atoms with van der Waals surface area (Å²) in [7, 11) is 1.31. The van der Waals surface area contributed by atoms with Crippen molar-refractivity contribution in [2.24, 2.45) is 0 Å². The highest BCUT2D eigenvalue weighted by atomic mass is 16.6. The van der Waals surface area contributed by atoms with Crippen LogP contribution in [-0.4, -0.2) is 32.9 Å². The number of aromatic nitrogens is 2. The fraction of sp³-hybridized carbons (Fsp3) is 0.0909. The average Bonchev–Trinajstić information content (AvgIpc) is 2.83. The molecule has 0 unspecified atom stereocenters. The number of nitro groups is 1. The number of hydrogen-bond acceptors (Lipinski definition) is 5. The minimum Gasteiger partial charge on any atom is -0.479 e. The highest BCUT2D eigenvalue weighted by Gasteiger charge is 2.17. The Hall–Kier alpha value is -2.90. The predicted molar refractivity (Wildman–Crippen MR) is 63.7 cm³/mol. The van der Waals surface area contributed by atoms with Gasteiger partial charge in [-0.2, -0.15) is 0 Å². The zero-order valence-electron chi connectivity index (χ0n) is 9.81. The molecule has 2 rings (SSSR count). The monoisotopic (exact) mass is 263 g/mol. The molecular formula is C11H9N3O5. The Morgan fingerprint density at radius 1 is 1.42 bits per heavy atom. The molecule has 1 aromatic carbocycles. The van der Waals surface area contributed by atoms with Crippen LogP contribution in [0.1, 0.15) is 10.4 Å². The number of nitro benzene ring substituents is 1. The Morgan fingerprint density at radius 2 is 2.05 bits per heavy atom. The van der Waals surface area contributed by atoms with Crippen molar-refractivity contribution in [1.82, 2.24) is 9.78 Å². The molecule has 0 radical (unpaired) electrons. The molecule has 0 fully saturated rings. The lowest BCUT2D eigenvalue weighted by Gasteiger charge is -1.99. The zero-order valence-corrected chi connectivity index (χ0v) is 9.81. The number of benzene rings is 1. The molecule has 1 aromatic heterocycles. The van der Waals surface area contributed by atoms with Gasteiger partial charge < -0.3 is 9.84 Å². The Morgan fingerprint density at radius 3 is 2.47 bits per heavy atom. The van der Waals surface area contributed by atoms with Crippen molar-refractivity contribution in [2.45, 2.75) is 0 Å². The molecule has 1 heterocycles. The van der Waals surface area contributed by atoms with Crippen molar-refractivity contribution in [3.8, 4) is 11.6 Å². The van der Waals surface area contributed by atoms with Gasteiger partial charge in [0.1, 0.15) is 5.56 Å². The molecule has 0 aliphatic heterocycles. The molecule has 0 atom stereocenters. The number of nitrogens with zero attached hydrogens (tertiary/aromatic N) is 3. The number of ether oxygens (including phenoxy) is 1. The van der Waals surface area contributed by atoms with Gasteiger partial charge in [-0.3, -0.25) is 10.1 Å². The lowest BCUT2D eigenvalue weighted by atomic mass is 10.3. The van der Waals surface area contributed by atoms with E-state index in [4.69, 9.17) is 9.84 Å². The van der Waals surface area contributed by atoms with Gasteiger partial charge in [0, 0.05) is 18.3 Å². The van der Waals surface area contributed by atoms with Gasteiger partial charge in [0.25, 0.3) is 5.69 Å². The van der Waals surface area contributed by atoms with Crippen LogP contribution in [0.15, 0.2) is 30.5 Å². The minimum atomic E-state index is -1.16. The SMILES string of the molecule is COc1nn(-c2ccc([N+](=O)[O-])cc2)cc1C(=O)O. The van der Waals surface area contributed by atoms with Gasteiger partial charge in [-0.05, 0) is 12.1 Å². The van der Waals surface area contributed by atoms with Gasteiger partial charge in [-0.25, -0.2) is 9.48 Å². The summed E-state index contributed by atoms with van der Waals surface area (Å²) in [5, 5.41) is 23.4.